The van der Waals surface area contributed by atoms with E-state index >= 15 is 0 Å². The van der Waals surface area contributed by atoms with E-state index in [2.05, 4.69) is 30.0 Å². The highest BCUT2D eigenvalue weighted by Gasteiger charge is 2.60. The van der Waals surface area contributed by atoms with E-state index in [1.807, 2.05) is 206 Å². The highest BCUT2D eigenvalue weighted by atomic mass is 16.8. The summed E-state index contributed by atoms with van der Waals surface area (Å²) in [6.07, 6.45) is -16.0. The summed E-state index contributed by atoms with van der Waals surface area (Å²) in [5.41, 5.74) is 6.10. The molecule has 6 fully saturated rings. The Hall–Kier alpha value is -7.06. The average molecular weight is 1220 g/mol. The van der Waals surface area contributed by atoms with Gasteiger partial charge in [0.2, 0.25) is 0 Å². The molecule has 0 spiro atoms. The first-order valence-corrected chi connectivity index (χ1v) is 30.9. The smallest absolute Gasteiger partial charge is 0.187 e. The van der Waals surface area contributed by atoms with Gasteiger partial charge in [0.15, 0.2) is 37.7 Å². The number of rotatable bonds is 19. The molecule has 464 valence electrons. The zero-order valence-corrected chi connectivity index (χ0v) is 49.7. The van der Waals surface area contributed by atoms with Crippen molar-refractivity contribution < 1.29 is 75.8 Å². The Labute approximate surface area is 523 Å². The molecule has 0 amide bonds. The third-order valence-corrected chi connectivity index (χ3v) is 17.1. The van der Waals surface area contributed by atoms with Crippen molar-refractivity contribution in [2.75, 3.05) is 33.5 Å². The third kappa shape index (κ3) is 13.9. The third-order valence-electron chi connectivity index (χ3n) is 17.1. The Kier molecular flexibility index (Phi) is 19.5. The summed E-state index contributed by atoms with van der Waals surface area (Å²) in [6, 6.07) is 73.5. The van der Waals surface area contributed by atoms with Gasteiger partial charge in [0, 0.05) is 29.4 Å². The van der Waals surface area contributed by atoms with Gasteiger partial charge in [-0.2, -0.15) is 0 Å². The van der Waals surface area contributed by atoms with Gasteiger partial charge in [-0.1, -0.05) is 230 Å². The molecule has 90 heavy (non-hydrogen) atoms. The first-order chi connectivity index (χ1) is 44.6. The maximum Gasteiger partial charge on any atom is 0.187 e. The lowest BCUT2D eigenvalue weighted by atomic mass is 9.94. The first-order valence-electron chi connectivity index (χ1n) is 30.9. The number of methoxy groups -OCH3 is 1. The fourth-order valence-corrected chi connectivity index (χ4v) is 12.6. The fourth-order valence-electron chi connectivity index (χ4n) is 12.6. The summed E-state index contributed by atoms with van der Waals surface area (Å²) in [7, 11) is 1.58. The van der Waals surface area contributed by atoms with E-state index in [1.165, 1.54) is 0 Å². The van der Waals surface area contributed by atoms with Crippen molar-refractivity contribution in [2.24, 2.45) is 0 Å². The molecular weight excluding hydrogens is 1140 g/mol. The first kappa shape index (κ1) is 60.5. The van der Waals surface area contributed by atoms with Crippen LogP contribution in [0.2, 0.25) is 0 Å². The molecule has 8 aromatic carbocycles. The number of hydrogen-bond acceptors (Lipinski definition) is 16. The summed E-state index contributed by atoms with van der Waals surface area (Å²) >= 11 is 0. The largest absolute Gasteiger partial charge is 0.365 e. The molecule has 0 aromatic heterocycles. The summed E-state index contributed by atoms with van der Waals surface area (Å²) in [5, 5.41) is 2.13. The molecule has 6 saturated heterocycles. The van der Waals surface area contributed by atoms with Crippen molar-refractivity contribution in [1.29, 1.82) is 0 Å². The highest BCUT2D eigenvalue weighted by Crippen LogP contribution is 2.44. The van der Waals surface area contributed by atoms with Gasteiger partial charge in [-0.3, -0.25) is 0 Å². The van der Waals surface area contributed by atoms with E-state index in [0.717, 1.165) is 49.7 Å². The molecule has 16 nitrogen and oxygen atoms in total. The predicted octanol–water partition coefficient (Wildman–Crippen LogP) is 11.3. The number of fused-ring (bicyclic) bond motifs is 4. The van der Waals surface area contributed by atoms with E-state index < -0.39 is 111 Å². The summed E-state index contributed by atoms with van der Waals surface area (Å²) in [5.74, 6) is 6.74. The van der Waals surface area contributed by atoms with Crippen molar-refractivity contribution in [2.45, 2.75) is 131 Å². The van der Waals surface area contributed by atoms with Crippen LogP contribution >= 0.6 is 0 Å². The van der Waals surface area contributed by atoms with E-state index in [9.17, 15) is 0 Å². The molecule has 0 aliphatic carbocycles. The minimum atomic E-state index is -1.23. The Bertz CT molecular complexity index is 3570. The summed E-state index contributed by atoms with van der Waals surface area (Å²) in [4.78, 5) is 0. The Morgan fingerprint density at radius 3 is 1.17 bits per heavy atom. The summed E-state index contributed by atoms with van der Waals surface area (Å²) < 4.78 is 112. The van der Waals surface area contributed by atoms with Crippen molar-refractivity contribution >= 4 is 10.8 Å². The van der Waals surface area contributed by atoms with Gasteiger partial charge >= 0.3 is 0 Å². The molecule has 0 bridgehead atoms. The van der Waals surface area contributed by atoms with Crippen LogP contribution in [0, 0.1) is 11.8 Å². The van der Waals surface area contributed by atoms with Gasteiger partial charge in [-0.05, 0) is 33.5 Å². The molecule has 14 rings (SSSR count). The number of ether oxygens (including phenoxy) is 16. The Morgan fingerprint density at radius 2 is 0.722 bits per heavy atom. The van der Waals surface area contributed by atoms with E-state index in [1.54, 1.807) is 7.11 Å². The van der Waals surface area contributed by atoms with Gasteiger partial charge in [-0.15, -0.1) is 0 Å². The predicted molar refractivity (Wildman–Crippen MR) is 328 cm³/mol. The van der Waals surface area contributed by atoms with Crippen LogP contribution in [0.4, 0.5) is 0 Å². The van der Waals surface area contributed by atoms with Crippen LogP contribution in [0.5, 0.6) is 0 Å². The second-order valence-electron chi connectivity index (χ2n) is 23.0. The van der Waals surface area contributed by atoms with Crippen LogP contribution in [-0.2, 0) is 95.6 Å². The van der Waals surface area contributed by atoms with E-state index in [-0.39, 0.29) is 46.2 Å². The van der Waals surface area contributed by atoms with Gasteiger partial charge < -0.3 is 75.8 Å². The molecule has 3 unspecified atom stereocenters. The van der Waals surface area contributed by atoms with Crippen molar-refractivity contribution in [1.82, 2.24) is 0 Å². The monoisotopic (exact) mass is 1220 g/mol. The number of benzene rings is 8. The minimum Gasteiger partial charge on any atom is -0.365 e. The van der Waals surface area contributed by atoms with Crippen LogP contribution < -0.4 is 0 Å². The maximum absolute atomic E-state index is 7.71. The molecule has 6 aliphatic rings. The Morgan fingerprint density at radius 1 is 0.356 bits per heavy atom. The molecule has 16 heteroatoms. The zero-order valence-electron chi connectivity index (χ0n) is 49.7. The van der Waals surface area contributed by atoms with E-state index in [0.29, 0.717) is 0 Å². The normalized spacial score (nSPS) is 31.5. The maximum atomic E-state index is 7.71. The molecule has 0 radical (unpaired) electrons. The second-order valence-corrected chi connectivity index (χ2v) is 23.0. The standard InChI is InChI=1S/C74H72O16/c1-75-72-67(78-43-49-26-10-3-11-27-49)64(61-58(83-72)46-81-70(87-61)54-33-16-6-17-34-54)89-74-68(79-44-50-28-12-4-13-29-50)65(62-59(85-74)47-82-71(88-62)55-35-18-7-19-36-55)90-73-66(77-42-48-24-8-2-9-25-48)63(60-57(84-73)45-80-69(86-60)53-31-14-5-15-32-53)76-41-23-39-52-38-22-37-51-30-20-21-40-56(51)52/h2-22,24-38,40,57-74H,41-47H2,1H3/t57-,58-,59-,60-,61-,62-,63+,64+,65+,66+,67+,68+,69?,70?,71?,72-,73+,74+/m1/s1. The van der Waals surface area contributed by atoms with Crippen molar-refractivity contribution in [3.05, 3.63) is 263 Å². The van der Waals surface area contributed by atoms with Gasteiger partial charge in [-0.25, -0.2) is 0 Å². The van der Waals surface area contributed by atoms with E-state index in [4.69, 9.17) is 75.8 Å². The molecular formula is C74H72O16. The molecule has 8 aromatic rings. The summed E-state index contributed by atoms with van der Waals surface area (Å²) in [6.45, 7) is 0.865. The molecule has 6 aliphatic heterocycles. The highest BCUT2D eigenvalue weighted by molar-refractivity contribution is 5.88. The number of hydrogen-bond donors (Lipinski definition) is 0. The second kappa shape index (κ2) is 29.0. The minimum absolute atomic E-state index is 0.0105. The van der Waals surface area contributed by atoms with Gasteiger partial charge in [0.25, 0.3) is 0 Å². The van der Waals surface area contributed by atoms with Crippen molar-refractivity contribution in [3.8, 4) is 11.8 Å². The van der Waals surface area contributed by atoms with Gasteiger partial charge in [0.1, 0.15) is 79.9 Å². The van der Waals surface area contributed by atoms with Crippen molar-refractivity contribution in [3.63, 3.8) is 0 Å². The average Bonchev–Trinajstić information content (AvgIpc) is 1.50. The van der Waals surface area contributed by atoms with Crippen LogP contribution in [0.3, 0.4) is 0 Å². The topological polar surface area (TPSA) is 148 Å². The Balaban J connectivity index is 0.857. The van der Waals surface area contributed by atoms with Crippen LogP contribution in [0.15, 0.2) is 224 Å². The van der Waals surface area contributed by atoms with Crippen LogP contribution in [-0.4, -0.2) is 126 Å². The lowest BCUT2D eigenvalue weighted by Crippen LogP contribution is -2.69. The zero-order chi connectivity index (χ0) is 60.4. The molecule has 18 atom stereocenters. The molecule has 0 saturated carbocycles. The van der Waals surface area contributed by atoms with Crippen LogP contribution in [0.1, 0.15) is 57.8 Å². The van der Waals surface area contributed by atoms with Crippen LogP contribution in [0.25, 0.3) is 10.8 Å². The molecule has 6 heterocycles. The molecule has 0 N–H and O–H groups in total. The van der Waals surface area contributed by atoms with Gasteiger partial charge in [0.05, 0.1) is 39.6 Å². The quantitative estimate of drug-likeness (QED) is 0.0707. The fraction of sp³-hybridized carbons (Fsp3) is 0.351. The lowest BCUT2D eigenvalue weighted by Gasteiger charge is -2.54. The lowest BCUT2D eigenvalue weighted by molar-refractivity contribution is -0.427. The SMILES string of the molecule is CO[C@@H]1O[C@@H]2COC(c3ccccc3)O[C@H]2[C@H](O[C@@H]2O[C@@H]3COC(c4ccccc4)O[C@H]3[C@H](O[C@@H]3O[C@@H]4COC(c5ccccc5)O[C@H]4[C@H](OCC#Cc4cccc5ccccc45)[C@@H]3OCc3ccccc3)[C@@H]2OCc2ccccc2)[C@@H]1OCc1ccccc1.